The van der Waals surface area contributed by atoms with Crippen molar-refractivity contribution in [3.8, 4) is 5.75 Å². The third-order valence-electron chi connectivity index (χ3n) is 4.24. The number of rotatable bonds is 1. The maximum Gasteiger partial charge on any atom is 0.238 e. The average molecular weight is 844 g/mol. The zero-order valence-electron chi connectivity index (χ0n) is 37.7. The van der Waals surface area contributed by atoms with E-state index in [1.54, 1.807) is 84.2 Å². The van der Waals surface area contributed by atoms with Gasteiger partial charge >= 0.3 is 0 Å². The lowest BCUT2D eigenvalue weighted by atomic mass is 10.3. The number of benzene rings is 3. The summed E-state index contributed by atoms with van der Waals surface area (Å²) < 4.78 is 30.3. The number of sulfonamides is 1. The molecule has 4 heterocycles. The van der Waals surface area contributed by atoms with Gasteiger partial charge in [0.25, 0.3) is 0 Å². The van der Waals surface area contributed by atoms with Crippen LogP contribution in [0.2, 0.25) is 0 Å². The van der Waals surface area contributed by atoms with Gasteiger partial charge in [0.2, 0.25) is 10.0 Å². The van der Waals surface area contributed by atoms with Crippen LogP contribution in [0.1, 0.15) is 96.9 Å². The highest BCUT2D eigenvalue weighted by Crippen LogP contribution is 2.03. The van der Waals surface area contributed by atoms with E-state index in [9.17, 15) is 8.42 Å². The highest BCUT2D eigenvalue weighted by atomic mass is 32.2. The Morgan fingerprint density at radius 2 is 0.983 bits per heavy atom. The topological polar surface area (TPSA) is 174 Å². The summed E-state index contributed by atoms with van der Waals surface area (Å²) >= 11 is 1.60. The largest absolute Gasteiger partial charge is 0.508 e. The molecule has 58 heavy (non-hydrogen) atoms. The van der Waals surface area contributed by atoms with Gasteiger partial charge in [-0.05, 0) is 60.7 Å². The zero-order valence-corrected chi connectivity index (χ0v) is 39.3. The fraction of sp³-hybridized carbons (Fsp3) is 0.304. The number of nitrogen functional groups attached to an aromatic ring is 1. The summed E-state index contributed by atoms with van der Waals surface area (Å²) in [6, 6.07) is 33.6. The number of H-pyrrole nitrogens is 1. The lowest BCUT2D eigenvalue weighted by molar-refractivity contribution is 0.475. The first-order valence-corrected chi connectivity index (χ1v) is 22.2. The molecule has 3 aromatic carbocycles. The predicted molar refractivity (Wildman–Crippen MR) is 254 cm³/mol. The summed E-state index contributed by atoms with van der Waals surface area (Å²) in [6.07, 6.45) is 13.2. The molecule has 0 aliphatic carbocycles. The zero-order chi connectivity index (χ0) is 46.0. The molecule has 0 atom stereocenters. The number of nitrogens with one attached hydrogen (secondary N) is 1. The molecule has 0 aliphatic rings. The molecule has 0 bridgehead atoms. The van der Waals surface area contributed by atoms with Crippen LogP contribution in [0.3, 0.4) is 0 Å². The number of anilines is 1. The van der Waals surface area contributed by atoms with E-state index < -0.39 is 10.0 Å². The molecule has 7 rings (SSSR count). The lowest BCUT2D eigenvalue weighted by Crippen LogP contribution is -2.11. The molecule has 0 saturated heterocycles. The number of hydrogen-bond donors (Lipinski definition) is 4. The Morgan fingerprint density at radius 3 is 1.14 bits per heavy atom. The minimum Gasteiger partial charge on any atom is -0.508 e. The van der Waals surface area contributed by atoms with Crippen molar-refractivity contribution < 1.29 is 22.4 Å². The minimum absolute atomic E-state index is 0.148. The highest BCUT2D eigenvalue weighted by Gasteiger charge is 2.03. The van der Waals surface area contributed by atoms with E-state index in [2.05, 4.69) is 23.8 Å². The van der Waals surface area contributed by atoms with E-state index in [1.165, 1.54) is 24.8 Å². The van der Waals surface area contributed by atoms with Crippen LogP contribution in [-0.2, 0) is 10.0 Å². The number of furan rings is 1. The molecule has 7 aromatic rings. The van der Waals surface area contributed by atoms with Crippen molar-refractivity contribution in [2.75, 3.05) is 5.73 Å². The van der Waals surface area contributed by atoms with Gasteiger partial charge < -0.3 is 24.7 Å². The number of primary sulfonamides is 1. The molecule has 0 amide bonds. The fourth-order valence-corrected chi connectivity index (χ4v) is 3.24. The second-order valence-electron chi connectivity index (χ2n) is 7.63. The van der Waals surface area contributed by atoms with E-state index in [1.807, 2.05) is 175 Å². The molecule has 0 aliphatic heterocycles. The first kappa shape index (κ1) is 67.3. The molecular weight excluding hydrogens is 767 g/mol. The molecule has 328 valence electrons. The maximum atomic E-state index is 10.6. The van der Waals surface area contributed by atoms with Crippen molar-refractivity contribution in [1.82, 2.24) is 15.0 Å². The summed E-state index contributed by atoms with van der Waals surface area (Å²) in [5.41, 5.74) is 7.97. The van der Waals surface area contributed by atoms with Crippen molar-refractivity contribution in [2.45, 2.75) is 102 Å². The third-order valence-corrected chi connectivity index (χ3v) is 5.69. The fourth-order valence-electron chi connectivity index (χ4n) is 2.35. The van der Waals surface area contributed by atoms with E-state index in [4.69, 9.17) is 16.0 Å². The van der Waals surface area contributed by atoms with Gasteiger partial charge in [-0.25, -0.2) is 18.5 Å². The van der Waals surface area contributed by atoms with Crippen LogP contribution in [0, 0.1) is 0 Å². The quantitative estimate of drug-likeness (QED) is 0.118. The van der Waals surface area contributed by atoms with Crippen LogP contribution in [0.15, 0.2) is 190 Å². The Kier molecular flexibility index (Phi) is 77.1. The molecule has 4 aromatic heterocycles. The highest BCUT2D eigenvalue weighted by molar-refractivity contribution is 7.89. The second-order valence-corrected chi connectivity index (χ2v) is 9.95. The molecule has 0 radical (unpaired) electrons. The lowest BCUT2D eigenvalue weighted by Gasteiger charge is -1.93. The number of thiazole rings is 1. The van der Waals surface area contributed by atoms with Gasteiger partial charge in [-0.1, -0.05) is 152 Å². The molecule has 0 saturated carbocycles. The van der Waals surface area contributed by atoms with Crippen LogP contribution in [0.5, 0.6) is 5.75 Å². The minimum atomic E-state index is -3.50. The van der Waals surface area contributed by atoms with Crippen LogP contribution in [-0.4, -0.2) is 28.5 Å². The van der Waals surface area contributed by atoms with Gasteiger partial charge in [-0.15, -0.1) is 11.3 Å². The Morgan fingerprint density at radius 1 is 0.552 bits per heavy atom. The maximum absolute atomic E-state index is 10.6. The van der Waals surface area contributed by atoms with Gasteiger partial charge in [0.15, 0.2) is 6.39 Å². The van der Waals surface area contributed by atoms with Crippen molar-refractivity contribution in [1.29, 1.82) is 0 Å². The molecule has 0 unspecified atom stereocenters. The summed E-state index contributed by atoms with van der Waals surface area (Å²) in [7, 11) is -3.50. The Hall–Kier alpha value is -5.43. The summed E-state index contributed by atoms with van der Waals surface area (Å²) in [5, 5.41) is 15.4. The number of phenols is 1. The van der Waals surface area contributed by atoms with Gasteiger partial charge in [-0.2, -0.15) is 0 Å². The Balaban J connectivity index is -0.000000100. The Labute approximate surface area is 357 Å². The van der Waals surface area contributed by atoms with Gasteiger partial charge in [0.1, 0.15) is 12.0 Å². The SMILES string of the molecule is CC.CC.CC.CC.CC.CC.CC.NS(=O)(=O)c1ccccc1.Nc1ccccc1.Oc1ccccc1.c1cc[nH]c1.c1ccoc1.c1cocn1.c1cscn1. The molecular formula is C46H77N5O5S2. The predicted octanol–water partition coefficient (Wildman–Crippen LogP) is 14.3. The van der Waals surface area contributed by atoms with E-state index in [0.717, 1.165) is 5.69 Å². The normalized spacial score (nSPS) is 7.50. The molecule has 12 heteroatoms. The van der Waals surface area contributed by atoms with Crippen molar-refractivity contribution in [3.05, 3.63) is 176 Å². The Bertz CT molecular complexity index is 1360. The number of hydrogen-bond acceptors (Lipinski definition) is 9. The van der Waals surface area contributed by atoms with Gasteiger partial charge in [0.05, 0.1) is 29.1 Å². The molecule has 0 fully saturated rings. The first-order valence-electron chi connectivity index (χ1n) is 19.7. The third kappa shape index (κ3) is 62.6. The van der Waals surface area contributed by atoms with E-state index in [-0.39, 0.29) is 4.90 Å². The first-order chi connectivity index (χ1) is 28.4. The van der Waals surface area contributed by atoms with Crippen LogP contribution in [0.25, 0.3) is 0 Å². The number of nitrogens with zero attached hydrogens (tertiary/aromatic N) is 2. The standard InChI is InChI=1S/C6H7NO2S.C6H7N.C6H6O.C4H5N.C4H4O.C3H3NO.C3H3NS.7C2H6/c7-10(8,9)6-4-2-1-3-5-6;2*7-6-4-2-1-3-5-6;2*1-2-4-5-3-1;2*1-2-5-3-4-1;7*1-2/h1-5H,(H2,7,8,9);1-5H,7H2;1-5,7H;1-5H;1-4H;2*1-3H;7*1-2H3. The van der Waals surface area contributed by atoms with Crippen LogP contribution < -0.4 is 10.9 Å². The number of nitrogens with two attached hydrogens (primary N) is 2. The van der Waals surface area contributed by atoms with E-state index >= 15 is 0 Å². The monoisotopic (exact) mass is 844 g/mol. The number of aromatic nitrogens is 3. The van der Waals surface area contributed by atoms with Crippen LogP contribution in [0.4, 0.5) is 5.69 Å². The number of phenolic OH excluding ortho intramolecular Hbond substituents is 1. The average Bonchev–Trinajstić information content (AvgIpc) is 4.18. The van der Waals surface area contributed by atoms with Crippen molar-refractivity contribution >= 4 is 27.0 Å². The summed E-state index contributed by atoms with van der Waals surface area (Å²) in [6.45, 7) is 28.0. The number of para-hydroxylation sites is 2. The van der Waals surface area contributed by atoms with Gasteiger partial charge in [0, 0.05) is 29.7 Å². The molecule has 6 N–H and O–H groups in total. The van der Waals surface area contributed by atoms with Gasteiger partial charge in [-0.3, -0.25) is 4.98 Å². The van der Waals surface area contributed by atoms with Crippen molar-refractivity contribution in [2.24, 2.45) is 5.14 Å². The van der Waals surface area contributed by atoms with E-state index in [0.29, 0.717) is 5.75 Å². The molecule has 10 nitrogen and oxygen atoms in total. The smallest absolute Gasteiger partial charge is 0.238 e. The number of oxazole rings is 1. The van der Waals surface area contributed by atoms with Crippen LogP contribution >= 0.6 is 11.3 Å². The number of aromatic amines is 1. The summed E-state index contributed by atoms with van der Waals surface area (Å²) in [5.74, 6) is 0.322. The second kappa shape index (κ2) is 66.4. The molecule has 0 spiro atoms. The summed E-state index contributed by atoms with van der Waals surface area (Å²) in [4.78, 5) is 10.3. The number of aromatic hydroxyl groups is 1. The van der Waals surface area contributed by atoms with Crippen molar-refractivity contribution in [3.63, 3.8) is 0 Å².